The summed E-state index contributed by atoms with van der Waals surface area (Å²) in [6.45, 7) is 1.98. The Bertz CT molecular complexity index is 534. The van der Waals surface area contributed by atoms with Crippen LogP contribution in [0, 0.1) is 6.92 Å². The third-order valence-corrected chi connectivity index (χ3v) is 4.09. The summed E-state index contributed by atoms with van der Waals surface area (Å²) in [5, 5.41) is 14.9. The van der Waals surface area contributed by atoms with Gasteiger partial charge in [-0.3, -0.25) is 4.68 Å². The van der Waals surface area contributed by atoms with Gasteiger partial charge in [0.2, 0.25) is 0 Å². The molecule has 0 amide bonds. The lowest BCUT2D eigenvalue weighted by Crippen LogP contribution is -2.08. The van der Waals surface area contributed by atoms with Crippen LogP contribution in [0.15, 0.2) is 28.9 Å². The average molecular weight is 316 g/mol. The first kappa shape index (κ1) is 12.6. The van der Waals surface area contributed by atoms with Crippen LogP contribution in [-0.4, -0.2) is 14.9 Å². The summed E-state index contributed by atoms with van der Waals surface area (Å²) >= 11 is 9.51. The summed E-state index contributed by atoms with van der Waals surface area (Å²) in [6.07, 6.45) is 0.744. The monoisotopic (exact) mass is 314 g/mol. The third kappa shape index (κ3) is 2.25. The van der Waals surface area contributed by atoms with Crippen molar-refractivity contribution < 1.29 is 5.11 Å². The van der Waals surface area contributed by atoms with Crippen molar-refractivity contribution in [3.05, 3.63) is 50.7 Å². The molecule has 0 saturated carbocycles. The highest BCUT2D eigenvalue weighted by molar-refractivity contribution is 9.10. The van der Waals surface area contributed by atoms with Crippen LogP contribution in [0.1, 0.15) is 22.9 Å². The Kier molecular flexibility index (Phi) is 3.56. The van der Waals surface area contributed by atoms with Gasteiger partial charge in [-0.2, -0.15) is 5.10 Å². The summed E-state index contributed by atoms with van der Waals surface area (Å²) in [4.78, 5) is 0. The van der Waals surface area contributed by atoms with E-state index < -0.39 is 6.10 Å². The number of nitrogens with zero attached hydrogens (tertiary/aromatic N) is 2. The van der Waals surface area contributed by atoms with E-state index >= 15 is 0 Å². The molecule has 2 rings (SSSR count). The molecule has 1 aromatic carbocycles. The van der Waals surface area contributed by atoms with Crippen molar-refractivity contribution in [1.82, 2.24) is 9.78 Å². The number of aliphatic hydroxyl groups excluding tert-OH is 1. The van der Waals surface area contributed by atoms with E-state index in [0.29, 0.717) is 10.7 Å². The van der Waals surface area contributed by atoms with E-state index in [1.165, 1.54) is 6.20 Å². The van der Waals surface area contributed by atoms with Crippen LogP contribution < -0.4 is 0 Å². The Hall–Kier alpha value is -0.840. The molecule has 0 fully saturated rings. The van der Waals surface area contributed by atoms with Gasteiger partial charge >= 0.3 is 0 Å². The molecule has 0 spiro atoms. The van der Waals surface area contributed by atoms with E-state index in [-0.39, 0.29) is 0 Å². The number of hydrogen-bond acceptors (Lipinski definition) is 2. The lowest BCUT2D eigenvalue weighted by Gasteiger charge is -2.15. The second-order valence-electron chi connectivity index (χ2n) is 3.88. The maximum atomic E-state index is 10.4. The van der Waals surface area contributed by atoms with Gasteiger partial charge in [0.25, 0.3) is 0 Å². The smallest absolute Gasteiger partial charge is 0.123 e. The molecule has 0 bridgehead atoms. The first-order valence-electron chi connectivity index (χ1n) is 5.13. The molecule has 1 N–H and O–H groups in total. The largest absolute Gasteiger partial charge is 0.382 e. The van der Waals surface area contributed by atoms with Gasteiger partial charge in [0.15, 0.2) is 0 Å². The number of rotatable bonds is 2. The van der Waals surface area contributed by atoms with Gasteiger partial charge in [-0.25, -0.2) is 0 Å². The van der Waals surface area contributed by atoms with Crippen molar-refractivity contribution in [1.29, 1.82) is 0 Å². The van der Waals surface area contributed by atoms with Gasteiger partial charge in [-0.05, 0) is 12.5 Å². The Labute approximate surface area is 113 Å². The first-order chi connectivity index (χ1) is 8.02. The quantitative estimate of drug-likeness (QED) is 0.924. The van der Waals surface area contributed by atoms with Crippen LogP contribution in [0.3, 0.4) is 0 Å². The van der Waals surface area contributed by atoms with Crippen molar-refractivity contribution >= 4 is 27.5 Å². The highest BCUT2D eigenvalue weighted by Crippen LogP contribution is 2.33. The van der Waals surface area contributed by atoms with Crippen molar-refractivity contribution in [3.63, 3.8) is 0 Å². The Morgan fingerprint density at radius 1 is 1.47 bits per heavy atom. The molecule has 1 heterocycles. The fourth-order valence-electron chi connectivity index (χ4n) is 1.76. The first-order valence-corrected chi connectivity index (χ1v) is 6.30. The van der Waals surface area contributed by atoms with Gasteiger partial charge in [0, 0.05) is 17.1 Å². The van der Waals surface area contributed by atoms with Crippen molar-refractivity contribution in [2.45, 2.75) is 13.0 Å². The van der Waals surface area contributed by atoms with Crippen LogP contribution in [0.5, 0.6) is 0 Å². The molecule has 0 aliphatic heterocycles. The van der Waals surface area contributed by atoms with Crippen LogP contribution in [-0.2, 0) is 7.05 Å². The van der Waals surface area contributed by atoms with Gasteiger partial charge in [0.1, 0.15) is 6.10 Å². The molecule has 1 atom stereocenters. The van der Waals surface area contributed by atoms with Gasteiger partial charge in [-0.1, -0.05) is 45.7 Å². The van der Waals surface area contributed by atoms with E-state index in [0.717, 1.165) is 15.6 Å². The lowest BCUT2D eigenvalue weighted by atomic mass is 10.0. The Morgan fingerprint density at radius 3 is 2.76 bits per heavy atom. The zero-order valence-corrected chi connectivity index (χ0v) is 11.8. The second-order valence-corrected chi connectivity index (χ2v) is 5.08. The number of aromatic nitrogens is 2. The average Bonchev–Trinajstić information content (AvgIpc) is 2.62. The minimum absolute atomic E-state index is 0.466. The topological polar surface area (TPSA) is 38.1 Å². The standard InChI is InChI=1S/C12H12BrClN2O/c1-7-4-3-5-8(10(7)13)12(17)11-9(14)6-15-16(11)2/h3-6,12,17H,1-2H3. The predicted octanol–water partition coefficient (Wildman–Crippen LogP) is 3.23. The van der Waals surface area contributed by atoms with E-state index in [2.05, 4.69) is 21.0 Å². The maximum Gasteiger partial charge on any atom is 0.123 e. The zero-order valence-electron chi connectivity index (χ0n) is 9.48. The molecule has 0 saturated heterocycles. The highest BCUT2D eigenvalue weighted by Gasteiger charge is 2.20. The summed E-state index contributed by atoms with van der Waals surface area (Å²) in [5.74, 6) is 0. The summed E-state index contributed by atoms with van der Waals surface area (Å²) in [7, 11) is 1.76. The van der Waals surface area contributed by atoms with Crippen LogP contribution in [0.2, 0.25) is 5.02 Å². The summed E-state index contributed by atoms with van der Waals surface area (Å²) < 4.78 is 2.48. The van der Waals surface area contributed by atoms with Crippen molar-refractivity contribution in [2.24, 2.45) is 7.05 Å². The van der Waals surface area contributed by atoms with E-state index in [1.54, 1.807) is 11.7 Å². The molecule has 1 unspecified atom stereocenters. The third-order valence-electron chi connectivity index (χ3n) is 2.71. The fourth-order valence-corrected chi connectivity index (χ4v) is 2.51. The SMILES string of the molecule is Cc1cccc(C(O)c2c(Cl)cnn2C)c1Br. The number of hydrogen-bond donors (Lipinski definition) is 1. The van der Waals surface area contributed by atoms with Gasteiger partial charge in [-0.15, -0.1) is 0 Å². The van der Waals surface area contributed by atoms with E-state index in [4.69, 9.17) is 11.6 Å². The molecule has 2 aromatic rings. The maximum absolute atomic E-state index is 10.4. The minimum Gasteiger partial charge on any atom is -0.382 e. The van der Waals surface area contributed by atoms with Crippen molar-refractivity contribution in [2.75, 3.05) is 0 Å². The molecule has 5 heteroatoms. The highest BCUT2D eigenvalue weighted by atomic mass is 79.9. The second kappa shape index (κ2) is 4.80. The fraction of sp³-hybridized carbons (Fsp3) is 0.250. The molecule has 1 aromatic heterocycles. The summed E-state index contributed by atoms with van der Waals surface area (Å²) in [6, 6.07) is 5.75. The number of aliphatic hydroxyl groups is 1. The predicted molar refractivity (Wildman–Crippen MR) is 71.2 cm³/mol. The number of benzene rings is 1. The molecular weight excluding hydrogens is 304 g/mol. The van der Waals surface area contributed by atoms with Gasteiger partial charge in [0.05, 0.1) is 16.9 Å². The molecule has 0 aliphatic carbocycles. The van der Waals surface area contributed by atoms with E-state index in [9.17, 15) is 5.11 Å². The zero-order chi connectivity index (χ0) is 12.6. The lowest BCUT2D eigenvalue weighted by molar-refractivity contribution is 0.209. The van der Waals surface area contributed by atoms with Crippen molar-refractivity contribution in [3.8, 4) is 0 Å². The molecular formula is C12H12BrClN2O. The molecule has 17 heavy (non-hydrogen) atoms. The number of halogens is 2. The normalized spacial score (nSPS) is 12.8. The summed E-state index contributed by atoms with van der Waals surface area (Å²) in [5.41, 5.74) is 2.45. The molecule has 90 valence electrons. The van der Waals surface area contributed by atoms with Crippen LogP contribution in [0.4, 0.5) is 0 Å². The Morgan fingerprint density at radius 2 is 2.18 bits per heavy atom. The molecule has 3 nitrogen and oxygen atoms in total. The minimum atomic E-state index is -0.788. The van der Waals surface area contributed by atoms with Crippen LogP contribution >= 0.6 is 27.5 Å². The number of aryl methyl sites for hydroxylation is 2. The Balaban J connectivity index is 2.51. The van der Waals surface area contributed by atoms with Gasteiger partial charge < -0.3 is 5.11 Å². The molecule has 0 aliphatic rings. The molecule has 0 radical (unpaired) electrons. The van der Waals surface area contributed by atoms with E-state index in [1.807, 2.05) is 25.1 Å². The van der Waals surface area contributed by atoms with Crippen LogP contribution in [0.25, 0.3) is 0 Å².